The molecule has 0 radical (unpaired) electrons. The monoisotopic (exact) mass is 375 g/mol. The fourth-order valence-electron chi connectivity index (χ4n) is 1.01. The molecule has 23 heavy (non-hydrogen) atoms. The Balaban J connectivity index is 6.36. The molecule has 0 saturated heterocycles. The van der Waals surface area contributed by atoms with Crippen LogP contribution in [0.25, 0.3) is 0 Å². The second kappa shape index (κ2) is 5.22. The summed E-state index contributed by atoms with van der Waals surface area (Å²) in [6.45, 7) is 0. The van der Waals surface area contributed by atoms with Crippen LogP contribution in [0.5, 0.6) is 0 Å². The van der Waals surface area contributed by atoms with Crippen LogP contribution in [-0.2, 0) is 4.79 Å². The first-order valence-corrected chi connectivity index (χ1v) is 4.73. The van der Waals surface area contributed by atoms with Gasteiger partial charge >= 0.3 is 35.8 Å². The molecule has 0 saturated carbocycles. The van der Waals surface area contributed by atoms with E-state index in [2.05, 4.69) is 0 Å². The molecule has 15 heteroatoms. The van der Waals surface area contributed by atoms with Crippen LogP contribution in [0.15, 0.2) is 0 Å². The molecule has 1 N–H and O–H groups in total. The minimum atomic E-state index is -8.03. The summed E-state index contributed by atoms with van der Waals surface area (Å²) in [5.41, 5.74) is -3.24. The summed E-state index contributed by atoms with van der Waals surface area (Å²) in [6, 6.07) is 0. The maximum atomic E-state index is 12.9. The standard InChI is InChI=1S/C8H2F13NO/c9-3(10,2(22)1-23)4(11,12)5(13,14)6(15,16)7(17,18)8(19,20)21/h1,22H. The maximum absolute atomic E-state index is 12.9. The third kappa shape index (κ3) is 2.62. The Labute approximate surface area is 116 Å². The summed E-state index contributed by atoms with van der Waals surface area (Å²) in [7, 11) is 0. The average Bonchev–Trinajstić information content (AvgIpc) is 2.35. The fraction of sp³-hybridized carbons (Fsp3) is 0.750. The summed E-state index contributed by atoms with van der Waals surface area (Å²) in [4.78, 5) is 9.73. The molecule has 0 spiro atoms. The van der Waals surface area contributed by atoms with E-state index >= 15 is 0 Å². The predicted molar refractivity (Wildman–Crippen MR) is 44.6 cm³/mol. The van der Waals surface area contributed by atoms with Crippen LogP contribution in [-0.4, -0.2) is 47.8 Å². The van der Waals surface area contributed by atoms with E-state index in [9.17, 15) is 61.9 Å². The van der Waals surface area contributed by atoms with Gasteiger partial charge in [0.25, 0.3) is 0 Å². The number of alkyl halides is 13. The highest BCUT2D eigenvalue weighted by Crippen LogP contribution is 2.60. The molecule has 0 aromatic carbocycles. The summed E-state index contributed by atoms with van der Waals surface area (Å²) in [5, 5.41) is 5.97. The van der Waals surface area contributed by atoms with Gasteiger partial charge in [-0.05, 0) is 0 Å². The third-order valence-electron chi connectivity index (χ3n) is 2.39. The van der Waals surface area contributed by atoms with Crippen molar-refractivity contribution in [1.82, 2.24) is 0 Å². The van der Waals surface area contributed by atoms with Gasteiger partial charge in [-0.3, -0.25) is 10.2 Å². The Kier molecular flexibility index (Phi) is 4.87. The van der Waals surface area contributed by atoms with E-state index in [-0.39, 0.29) is 0 Å². The van der Waals surface area contributed by atoms with Crippen molar-refractivity contribution in [2.24, 2.45) is 0 Å². The van der Waals surface area contributed by atoms with Gasteiger partial charge in [-0.2, -0.15) is 57.1 Å². The summed E-state index contributed by atoms with van der Waals surface area (Å²) in [6.07, 6.45) is -9.01. The Bertz CT molecular complexity index is 491. The van der Waals surface area contributed by atoms with Crippen molar-refractivity contribution in [2.45, 2.75) is 35.8 Å². The van der Waals surface area contributed by atoms with Crippen LogP contribution in [0.1, 0.15) is 0 Å². The van der Waals surface area contributed by atoms with Gasteiger partial charge in [-0.1, -0.05) is 0 Å². The molecule has 2 nitrogen and oxygen atoms in total. The fourth-order valence-corrected chi connectivity index (χ4v) is 1.01. The van der Waals surface area contributed by atoms with Gasteiger partial charge in [-0.25, -0.2) is 0 Å². The number of rotatable bonds is 6. The number of hydrogen-bond acceptors (Lipinski definition) is 2. The SMILES string of the molecule is N=C(C=O)C(F)(F)C(F)(F)C(F)(F)C(F)(F)C(F)(F)C(F)(F)F. The zero-order valence-electron chi connectivity index (χ0n) is 9.90. The molecular formula is C8H2F13NO. The number of hydrogen-bond donors (Lipinski definition) is 1. The molecule has 0 aliphatic carbocycles. The summed E-state index contributed by atoms with van der Waals surface area (Å²) in [5.74, 6) is -38.2. The topological polar surface area (TPSA) is 40.9 Å². The van der Waals surface area contributed by atoms with E-state index in [1.54, 1.807) is 0 Å². The zero-order chi connectivity index (χ0) is 19.3. The normalized spacial score (nSPS) is 15.5. The summed E-state index contributed by atoms with van der Waals surface area (Å²) < 4.78 is 162. The molecule has 0 unspecified atom stereocenters. The molecule has 0 rings (SSSR count). The number of carbonyl (C=O) groups excluding carboxylic acids is 1. The number of nitrogens with one attached hydrogen (secondary N) is 1. The number of halogens is 13. The lowest BCUT2D eigenvalue weighted by atomic mass is 9.92. The van der Waals surface area contributed by atoms with E-state index in [0.717, 1.165) is 0 Å². The van der Waals surface area contributed by atoms with Gasteiger partial charge < -0.3 is 0 Å². The molecule has 0 atom stereocenters. The maximum Gasteiger partial charge on any atom is 0.460 e. The van der Waals surface area contributed by atoms with Crippen molar-refractivity contribution < 1.29 is 61.9 Å². The molecule has 0 aliphatic heterocycles. The smallest absolute Gasteiger partial charge is 0.296 e. The predicted octanol–water partition coefficient (Wildman–Crippen LogP) is 3.94. The number of aldehydes is 1. The molecule has 0 aromatic rings. The van der Waals surface area contributed by atoms with E-state index in [1.807, 2.05) is 0 Å². The molecule has 0 aromatic heterocycles. The van der Waals surface area contributed by atoms with Gasteiger partial charge in [0.2, 0.25) is 0 Å². The van der Waals surface area contributed by atoms with Crippen LogP contribution in [0.3, 0.4) is 0 Å². The zero-order valence-corrected chi connectivity index (χ0v) is 9.90. The van der Waals surface area contributed by atoms with Crippen molar-refractivity contribution in [3.8, 4) is 0 Å². The van der Waals surface area contributed by atoms with Gasteiger partial charge in [0, 0.05) is 0 Å². The highest BCUT2D eigenvalue weighted by atomic mass is 19.4. The molecule has 136 valence electrons. The molecular weight excluding hydrogens is 373 g/mol. The van der Waals surface area contributed by atoms with E-state index in [1.165, 1.54) is 0 Å². The Morgan fingerprint density at radius 2 is 0.913 bits per heavy atom. The second-order valence-electron chi connectivity index (χ2n) is 3.90. The third-order valence-corrected chi connectivity index (χ3v) is 2.39. The Morgan fingerprint density at radius 1 is 0.609 bits per heavy atom. The van der Waals surface area contributed by atoms with Crippen LogP contribution in [0.4, 0.5) is 57.1 Å². The molecule has 0 heterocycles. The van der Waals surface area contributed by atoms with Crippen molar-refractivity contribution in [3.63, 3.8) is 0 Å². The Hall–Kier alpha value is -1.57. The van der Waals surface area contributed by atoms with Crippen molar-refractivity contribution in [2.75, 3.05) is 0 Å². The Morgan fingerprint density at radius 3 is 1.17 bits per heavy atom. The largest absolute Gasteiger partial charge is 0.460 e. The van der Waals surface area contributed by atoms with Crippen LogP contribution in [0, 0.1) is 5.41 Å². The molecule has 0 amide bonds. The molecule has 0 bridgehead atoms. The first-order chi connectivity index (χ1) is 9.73. The van der Waals surface area contributed by atoms with E-state index < -0.39 is 47.8 Å². The van der Waals surface area contributed by atoms with Gasteiger partial charge in [0.05, 0.1) is 0 Å². The highest BCUT2D eigenvalue weighted by Gasteiger charge is 2.91. The van der Waals surface area contributed by atoms with Gasteiger partial charge in [0.15, 0.2) is 6.29 Å². The van der Waals surface area contributed by atoms with Crippen molar-refractivity contribution in [1.29, 1.82) is 5.41 Å². The molecule has 0 aliphatic rings. The first kappa shape index (κ1) is 21.4. The quantitative estimate of drug-likeness (QED) is 0.427. The minimum absolute atomic E-state index is 1.51. The van der Waals surface area contributed by atoms with Crippen molar-refractivity contribution in [3.05, 3.63) is 0 Å². The average molecular weight is 375 g/mol. The van der Waals surface area contributed by atoms with E-state index in [4.69, 9.17) is 5.41 Å². The lowest BCUT2D eigenvalue weighted by Gasteiger charge is -2.39. The lowest BCUT2D eigenvalue weighted by molar-refractivity contribution is -0.434. The van der Waals surface area contributed by atoms with E-state index in [0.29, 0.717) is 0 Å². The first-order valence-electron chi connectivity index (χ1n) is 4.73. The van der Waals surface area contributed by atoms with Crippen molar-refractivity contribution >= 4 is 12.0 Å². The van der Waals surface area contributed by atoms with Crippen LogP contribution in [0.2, 0.25) is 0 Å². The summed E-state index contributed by atoms with van der Waals surface area (Å²) >= 11 is 0. The number of carbonyl (C=O) groups is 1. The minimum Gasteiger partial charge on any atom is -0.296 e. The second-order valence-corrected chi connectivity index (χ2v) is 3.90. The van der Waals surface area contributed by atoms with Gasteiger partial charge in [-0.15, -0.1) is 0 Å². The molecule has 0 fully saturated rings. The highest BCUT2D eigenvalue weighted by molar-refractivity contribution is 6.30. The lowest BCUT2D eigenvalue weighted by Crippen LogP contribution is -2.71. The van der Waals surface area contributed by atoms with Gasteiger partial charge in [0.1, 0.15) is 5.71 Å². The van der Waals surface area contributed by atoms with Crippen LogP contribution < -0.4 is 0 Å². The van der Waals surface area contributed by atoms with Crippen LogP contribution >= 0.6 is 0 Å².